The van der Waals surface area contributed by atoms with E-state index < -0.39 is 0 Å². The second-order valence-electron chi connectivity index (χ2n) is 6.51. The van der Waals surface area contributed by atoms with Gasteiger partial charge < -0.3 is 5.32 Å². The van der Waals surface area contributed by atoms with Crippen LogP contribution in [0, 0.1) is 11.8 Å². The second kappa shape index (κ2) is 6.21. The Morgan fingerprint density at radius 3 is 2.44 bits per heavy atom. The summed E-state index contributed by atoms with van der Waals surface area (Å²) in [7, 11) is 0. The average molecular weight is 250 g/mol. The summed E-state index contributed by atoms with van der Waals surface area (Å²) in [4.78, 5) is 2.80. The van der Waals surface area contributed by atoms with Crippen molar-refractivity contribution >= 4 is 0 Å². The number of rotatable bonds is 4. The van der Waals surface area contributed by atoms with Gasteiger partial charge in [0.2, 0.25) is 0 Å². The first-order chi connectivity index (χ1) is 8.63. The molecule has 0 amide bonds. The fourth-order valence-corrected chi connectivity index (χ4v) is 3.39. The van der Waals surface area contributed by atoms with Crippen molar-refractivity contribution in [2.45, 2.75) is 65.1 Å². The van der Waals surface area contributed by atoms with Gasteiger partial charge in [0.25, 0.3) is 0 Å². The molecule has 2 heteroatoms. The number of hydrogen-bond acceptors (Lipinski definition) is 2. The molecule has 0 bridgehead atoms. The molecule has 0 aromatic heterocycles. The molecule has 1 aliphatic carbocycles. The Balaban J connectivity index is 2.03. The fraction of sp³-hybridized carbons (Fsp3) is 0.875. The van der Waals surface area contributed by atoms with Gasteiger partial charge in [0.1, 0.15) is 0 Å². The van der Waals surface area contributed by atoms with Gasteiger partial charge in [-0.3, -0.25) is 4.90 Å². The minimum absolute atomic E-state index is 0.686. The highest BCUT2D eigenvalue weighted by Crippen LogP contribution is 2.27. The maximum Gasteiger partial charge on any atom is 0.0247 e. The van der Waals surface area contributed by atoms with E-state index in [-0.39, 0.29) is 0 Å². The molecule has 3 unspecified atom stereocenters. The lowest BCUT2D eigenvalue weighted by Crippen LogP contribution is -2.62. The maximum atomic E-state index is 3.79. The van der Waals surface area contributed by atoms with E-state index in [0.717, 1.165) is 23.9 Å². The van der Waals surface area contributed by atoms with Gasteiger partial charge in [0.15, 0.2) is 0 Å². The first kappa shape index (κ1) is 14.1. The van der Waals surface area contributed by atoms with Gasteiger partial charge in [-0.1, -0.05) is 46.3 Å². The minimum atomic E-state index is 0.686. The van der Waals surface area contributed by atoms with Crippen molar-refractivity contribution in [3.63, 3.8) is 0 Å². The third-order valence-electron chi connectivity index (χ3n) is 4.98. The van der Waals surface area contributed by atoms with Crippen LogP contribution in [0.3, 0.4) is 0 Å². The van der Waals surface area contributed by atoms with Crippen LogP contribution in [0.2, 0.25) is 0 Å². The molecule has 0 saturated carbocycles. The van der Waals surface area contributed by atoms with Crippen molar-refractivity contribution in [1.82, 2.24) is 10.2 Å². The van der Waals surface area contributed by atoms with Gasteiger partial charge in [0, 0.05) is 31.2 Å². The molecule has 3 atom stereocenters. The summed E-state index contributed by atoms with van der Waals surface area (Å²) >= 11 is 0. The zero-order chi connectivity index (χ0) is 13.1. The van der Waals surface area contributed by atoms with Crippen LogP contribution >= 0.6 is 0 Å². The van der Waals surface area contributed by atoms with E-state index in [1.165, 1.54) is 32.4 Å². The van der Waals surface area contributed by atoms with E-state index in [2.05, 4.69) is 50.1 Å². The van der Waals surface area contributed by atoms with Gasteiger partial charge >= 0.3 is 0 Å². The quantitative estimate of drug-likeness (QED) is 0.772. The minimum Gasteiger partial charge on any atom is -0.311 e. The van der Waals surface area contributed by atoms with Crippen molar-refractivity contribution in [3.05, 3.63) is 12.2 Å². The molecule has 104 valence electrons. The first-order valence-corrected chi connectivity index (χ1v) is 7.77. The number of hydrogen-bond donors (Lipinski definition) is 1. The third kappa shape index (κ3) is 2.97. The normalized spacial score (nSPS) is 32.3. The van der Waals surface area contributed by atoms with Crippen LogP contribution in [0.5, 0.6) is 0 Å². The Morgan fingerprint density at radius 1 is 1.22 bits per heavy atom. The zero-order valence-corrected chi connectivity index (χ0v) is 12.5. The summed E-state index contributed by atoms with van der Waals surface area (Å²) in [6.07, 6.45) is 8.53. The summed E-state index contributed by atoms with van der Waals surface area (Å²) in [5, 5.41) is 3.79. The molecular formula is C16H30N2. The molecule has 2 nitrogen and oxygen atoms in total. The molecule has 0 radical (unpaired) electrons. The van der Waals surface area contributed by atoms with E-state index in [1.54, 1.807) is 0 Å². The molecule has 2 aliphatic rings. The predicted octanol–water partition coefficient (Wildman–Crippen LogP) is 3.05. The Labute approximate surface area is 113 Å². The van der Waals surface area contributed by atoms with Gasteiger partial charge in [-0.05, 0) is 24.7 Å². The van der Waals surface area contributed by atoms with E-state index in [4.69, 9.17) is 0 Å². The van der Waals surface area contributed by atoms with Crippen molar-refractivity contribution in [1.29, 1.82) is 0 Å². The van der Waals surface area contributed by atoms with Gasteiger partial charge in [0.05, 0.1) is 0 Å². The molecule has 1 aliphatic heterocycles. The van der Waals surface area contributed by atoms with Crippen molar-refractivity contribution < 1.29 is 0 Å². The fourth-order valence-electron chi connectivity index (χ4n) is 3.39. The zero-order valence-electron chi connectivity index (χ0n) is 12.5. The third-order valence-corrected chi connectivity index (χ3v) is 4.98. The Morgan fingerprint density at radius 2 is 1.89 bits per heavy atom. The lowest BCUT2D eigenvalue weighted by atomic mass is 9.90. The largest absolute Gasteiger partial charge is 0.311 e. The summed E-state index contributed by atoms with van der Waals surface area (Å²) in [5.74, 6) is 1.53. The monoisotopic (exact) mass is 250 g/mol. The van der Waals surface area contributed by atoms with Crippen molar-refractivity contribution in [2.75, 3.05) is 13.1 Å². The summed E-state index contributed by atoms with van der Waals surface area (Å²) in [5.41, 5.74) is 0. The van der Waals surface area contributed by atoms with Crippen LogP contribution in [0.1, 0.15) is 47.0 Å². The average Bonchev–Trinajstić information content (AvgIpc) is 2.90. The molecule has 0 aromatic carbocycles. The Hall–Kier alpha value is -0.340. The number of nitrogens with zero attached hydrogens (tertiary/aromatic N) is 1. The van der Waals surface area contributed by atoms with Crippen LogP contribution in [0.4, 0.5) is 0 Å². The smallest absolute Gasteiger partial charge is 0.0247 e. The van der Waals surface area contributed by atoms with Crippen molar-refractivity contribution in [3.8, 4) is 0 Å². The maximum absolute atomic E-state index is 3.79. The molecule has 1 saturated heterocycles. The Kier molecular flexibility index (Phi) is 4.85. The van der Waals surface area contributed by atoms with Gasteiger partial charge in [-0.15, -0.1) is 0 Å². The highest BCUT2D eigenvalue weighted by molar-refractivity contribution is 5.02. The van der Waals surface area contributed by atoms with Crippen LogP contribution in [0.15, 0.2) is 12.2 Å². The standard InChI is InChI=1S/C16H30N2/c1-5-13(4)15-11-18(14-8-6-7-9-14)16(10-17-15)12(2)3/h6-7,12-17H,5,8-11H2,1-4H3. The van der Waals surface area contributed by atoms with Gasteiger partial charge in [-0.2, -0.15) is 0 Å². The molecule has 2 rings (SSSR count). The van der Waals surface area contributed by atoms with Crippen LogP contribution in [-0.4, -0.2) is 36.1 Å². The topological polar surface area (TPSA) is 15.3 Å². The Bertz CT molecular complexity index is 277. The lowest BCUT2D eigenvalue weighted by molar-refractivity contribution is 0.0472. The lowest BCUT2D eigenvalue weighted by Gasteiger charge is -2.47. The second-order valence-corrected chi connectivity index (χ2v) is 6.51. The van der Waals surface area contributed by atoms with Crippen LogP contribution in [-0.2, 0) is 0 Å². The van der Waals surface area contributed by atoms with Crippen LogP contribution < -0.4 is 5.32 Å². The molecule has 1 fully saturated rings. The summed E-state index contributed by atoms with van der Waals surface area (Å²) < 4.78 is 0. The van der Waals surface area contributed by atoms with E-state index in [1.807, 2.05) is 0 Å². The van der Waals surface area contributed by atoms with E-state index in [0.29, 0.717) is 6.04 Å². The molecule has 0 aromatic rings. The number of piperazine rings is 1. The molecule has 1 heterocycles. The van der Waals surface area contributed by atoms with Gasteiger partial charge in [-0.25, -0.2) is 0 Å². The summed E-state index contributed by atoms with van der Waals surface area (Å²) in [6, 6.07) is 2.17. The molecule has 1 N–H and O–H groups in total. The predicted molar refractivity (Wildman–Crippen MR) is 78.7 cm³/mol. The first-order valence-electron chi connectivity index (χ1n) is 7.77. The highest BCUT2D eigenvalue weighted by atomic mass is 15.3. The number of nitrogens with one attached hydrogen (secondary N) is 1. The molecule has 18 heavy (non-hydrogen) atoms. The molecule has 0 spiro atoms. The summed E-state index contributed by atoms with van der Waals surface area (Å²) in [6.45, 7) is 11.8. The highest BCUT2D eigenvalue weighted by Gasteiger charge is 2.35. The van der Waals surface area contributed by atoms with Crippen LogP contribution in [0.25, 0.3) is 0 Å². The van der Waals surface area contributed by atoms with Crippen molar-refractivity contribution in [2.24, 2.45) is 11.8 Å². The molecular weight excluding hydrogens is 220 g/mol. The van der Waals surface area contributed by atoms with E-state index >= 15 is 0 Å². The van der Waals surface area contributed by atoms with E-state index in [9.17, 15) is 0 Å². The SMILES string of the molecule is CCC(C)C1CN(C2CC=CC2)C(C(C)C)CN1.